The number of anilines is 3. The van der Waals surface area contributed by atoms with Crippen molar-refractivity contribution in [2.75, 3.05) is 4.90 Å². The van der Waals surface area contributed by atoms with E-state index in [1.54, 1.807) is 0 Å². The van der Waals surface area contributed by atoms with Gasteiger partial charge >= 0.3 is 0 Å². The van der Waals surface area contributed by atoms with Crippen LogP contribution in [0.1, 0.15) is 0 Å². The standard InChI is InChI=1S/C62H39NO2/c1-2-12-40(13-3-1)41-24-26-44(27-25-41)49-16-8-9-23-58(49)63(47-34-28-45(29-35-47)52-19-10-21-54-56-38-32-42-14-4-6-17-50(42)61(56)64-59(52)54)48-36-30-46(31-37-48)53-20-11-22-55-57-39-33-43-15-5-7-18-51(43)62(57)65-60(53)55/h1-39H. The third kappa shape index (κ3) is 6.12. The first kappa shape index (κ1) is 36.9. The number of hydrogen-bond donors (Lipinski definition) is 0. The molecule has 3 heteroatoms. The van der Waals surface area contributed by atoms with Gasteiger partial charge in [0, 0.05) is 60.4 Å². The molecular weight excluding hydrogens is 791 g/mol. The van der Waals surface area contributed by atoms with Crippen LogP contribution in [0.15, 0.2) is 245 Å². The number of nitrogens with zero attached hydrogens (tertiary/aromatic N) is 1. The number of rotatable bonds is 7. The molecule has 0 fully saturated rings. The molecule has 304 valence electrons. The van der Waals surface area contributed by atoms with E-state index in [9.17, 15) is 0 Å². The van der Waals surface area contributed by atoms with Crippen molar-refractivity contribution in [1.82, 2.24) is 0 Å². The quantitative estimate of drug-likeness (QED) is 0.160. The van der Waals surface area contributed by atoms with Crippen molar-refractivity contribution in [3.8, 4) is 44.5 Å². The summed E-state index contributed by atoms with van der Waals surface area (Å²) in [6, 6.07) is 84.5. The molecule has 0 atom stereocenters. The highest BCUT2D eigenvalue weighted by molar-refractivity contribution is 6.18. The van der Waals surface area contributed by atoms with Gasteiger partial charge in [-0.15, -0.1) is 0 Å². The zero-order valence-electron chi connectivity index (χ0n) is 35.3. The Kier molecular flexibility index (Phi) is 8.53. The first-order valence-electron chi connectivity index (χ1n) is 22.2. The van der Waals surface area contributed by atoms with E-state index in [1.165, 1.54) is 21.9 Å². The van der Waals surface area contributed by atoms with Crippen LogP contribution in [0.2, 0.25) is 0 Å². The fourth-order valence-electron chi connectivity index (χ4n) is 9.90. The van der Waals surface area contributed by atoms with Gasteiger partial charge in [-0.1, -0.05) is 194 Å². The predicted molar refractivity (Wildman–Crippen MR) is 272 cm³/mol. The molecule has 0 amide bonds. The topological polar surface area (TPSA) is 29.5 Å². The van der Waals surface area contributed by atoms with Crippen LogP contribution < -0.4 is 4.90 Å². The lowest BCUT2D eigenvalue weighted by molar-refractivity contribution is 0.673. The number of para-hydroxylation sites is 3. The van der Waals surface area contributed by atoms with Crippen molar-refractivity contribution >= 4 is 82.5 Å². The zero-order valence-corrected chi connectivity index (χ0v) is 35.3. The fraction of sp³-hybridized carbons (Fsp3) is 0. The maximum absolute atomic E-state index is 6.76. The molecule has 65 heavy (non-hydrogen) atoms. The van der Waals surface area contributed by atoms with E-state index >= 15 is 0 Å². The minimum Gasteiger partial charge on any atom is -0.455 e. The van der Waals surface area contributed by atoms with E-state index in [4.69, 9.17) is 8.83 Å². The van der Waals surface area contributed by atoms with Crippen LogP contribution in [0.25, 0.3) is 110 Å². The second-order valence-corrected chi connectivity index (χ2v) is 16.8. The summed E-state index contributed by atoms with van der Waals surface area (Å²) in [5.74, 6) is 0. The van der Waals surface area contributed by atoms with Crippen LogP contribution in [0, 0.1) is 0 Å². The third-order valence-corrected chi connectivity index (χ3v) is 13.1. The third-order valence-electron chi connectivity index (χ3n) is 13.1. The van der Waals surface area contributed by atoms with Gasteiger partial charge in [-0.05, 0) is 81.1 Å². The summed E-state index contributed by atoms with van der Waals surface area (Å²) in [4.78, 5) is 2.37. The highest BCUT2D eigenvalue weighted by atomic mass is 16.3. The Hall–Kier alpha value is -8.66. The normalized spacial score (nSPS) is 11.7. The van der Waals surface area contributed by atoms with Gasteiger partial charge in [0.05, 0.1) is 5.69 Å². The molecule has 0 aliphatic heterocycles. The molecule has 0 saturated heterocycles. The van der Waals surface area contributed by atoms with Crippen LogP contribution >= 0.6 is 0 Å². The number of benzene rings is 11. The van der Waals surface area contributed by atoms with Gasteiger partial charge in [0.25, 0.3) is 0 Å². The maximum Gasteiger partial charge on any atom is 0.143 e. The van der Waals surface area contributed by atoms with Crippen molar-refractivity contribution in [2.45, 2.75) is 0 Å². The molecule has 0 bridgehead atoms. The molecule has 0 unspecified atom stereocenters. The molecular formula is C62H39NO2. The largest absolute Gasteiger partial charge is 0.455 e. The average molecular weight is 830 g/mol. The van der Waals surface area contributed by atoms with Gasteiger partial charge in [0.2, 0.25) is 0 Å². The maximum atomic E-state index is 6.76. The van der Waals surface area contributed by atoms with Gasteiger partial charge in [-0.25, -0.2) is 0 Å². The molecule has 0 saturated carbocycles. The summed E-state index contributed by atoms with van der Waals surface area (Å²) < 4.78 is 13.5. The SMILES string of the molecule is c1ccc(-c2ccc(-c3ccccc3N(c3ccc(-c4cccc5c4oc4c6ccccc6ccc54)cc3)c3ccc(-c4cccc5c4oc4c6ccccc6ccc54)cc3)cc2)cc1. The van der Waals surface area contributed by atoms with Crippen LogP contribution in [0.4, 0.5) is 17.1 Å². The molecule has 13 rings (SSSR count). The van der Waals surface area contributed by atoms with Gasteiger partial charge in [0.15, 0.2) is 0 Å². The molecule has 0 radical (unpaired) electrons. The first-order chi connectivity index (χ1) is 32.2. The predicted octanol–water partition coefficient (Wildman–Crippen LogP) is 17.9. The lowest BCUT2D eigenvalue weighted by atomic mass is 9.97. The Labute approximate surface area is 375 Å². The van der Waals surface area contributed by atoms with E-state index in [0.717, 1.165) is 105 Å². The number of hydrogen-bond acceptors (Lipinski definition) is 3. The van der Waals surface area contributed by atoms with Crippen molar-refractivity contribution < 1.29 is 8.83 Å². The van der Waals surface area contributed by atoms with E-state index in [-0.39, 0.29) is 0 Å². The molecule has 3 nitrogen and oxygen atoms in total. The first-order valence-corrected chi connectivity index (χ1v) is 22.2. The van der Waals surface area contributed by atoms with Crippen molar-refractivity contribution in [1.29, 1.82) is 0 Å². The fourth-order valence-corrected chi connectivity index (χ4v) is 9.90. The lowest BCUT2D eigenvalue weighted by Crippen LogP contribution is -2.11. The Balaban J connectivity index is 0.932. The second kappa shape index (κ2) is 15.0. The number of furan rings is 2. The van der Waals surface area contributed by atoms with Crippen LogP contribution in [-0.2, 0) is 0 Å². The zero-order chi connectivity index (χ0) is 42.8. The molecule has 0 spiro atoms. The van der Waals surface area contributed by atoms with Crippen LogP contribution in [-0.4, -0.2) is 0 Å². The molecule has 0 aliphatic rings. The number of fused-ring (bicyclic) bond motifs is 10. The second-order valence-electron chi connectivity index (χ2n) is 16.8. The molecule has 0 aliphatic carbocycles. The van der Waals surface area contributed by atoms with E-state index in [2.05, 4.69) is 241 Å². The molecule has 13 aromatic rings. The van der Waals surface area contributed by atoms with Crippen molar-refractivity contribution in [2.24, 2.45) is 0 Å². The minimum absolute atomic E-state index is 0.899. The Morgan fingerprint density at radius 3 is 1.17 bits per heavy atom. The average Bonchev–Trinajstić information content (AvgIpc) is 3.97. The summed E-state index contributed by atoms with van der Waals surface area (Å²) >= 11 is 0. The van der Waals surface area contributed by atoms with Crippen LogP contribution in [0.5, 0.6) is 0 Å². The van der Waals surface area contributed by atoms with Gasteiger partial charge in [-0.2, -0.15) is 0 Å². The van der Waals surface area contributed by atoms with Crippen molar-refractivity contribution in [3.63, 3.8) is 0 Å². The monoisotopic (exact) mass is 829 g/mol. The van der Waals surface area contributed by atoms with E-state index < -0.39 is 0 Å². The Morgan fingerprint density at radius 1 is 0.231 bits per heavy atom. The van der Waals surface area contributed by atoms with Gasteiger partial charge in [-0.3, -0.25) is 0 Å². The highest BCUT2D eigenvalue weighted by Gasteiger charge is 2.20. The summed E-state index contributed by atoms with van der Waals surface area (Å²) in [6.07, 6.45) is 0. The molecule has 0 N–H and O–H groups in total. The smallest absolute Gasteiger partial charge is 0.143 e. The van der Waals surface area contributed by atoms with Crippen molar-refractivity contribution in [3.05, 3.63) is 237 Å². The van der Waals surface area contributed by atoms with E-state index in [0.29, 0.717) is 0 Å². The Morgan fingerprint density at radius 2 is 0.615 bits per heavy atom. The van der Waals surface area contributed by atoms with Gasteiger partial charge < -0.3 is 13.7 Å². The summed E-state index contributed by atoms with van der Waals surface area (Å²) in [5, 5.41) is 9.09. The summed E-state index contributed by atoms with van der Waals surface area (Å²) in [6.45, 7) is 0. The van der Waals surface area contributed by atoms with E-state index in [1.807, 2.05) is 0 Å². The molecule has 2 aromatic heterocycles. The molecule has 2 heterocycles. The Bertz CT molecular complexity index is 3720. The highest BCUT2D eigenvalue weighted by Crippen LogP contribution is 2.45. The molecule has 11 aromatic carbocycles. The minimum atomic E-state index is 0.899. The lowest BCUT2D eigenvalue weighted by Gasteiger charge is -2.28. The van der Waals surface area contributed by atoms with Crippen LogP contribution in [0.3, 0.4) is 0 Å². The summed E-state index contributed by atoms with van der Waals surface area (Å²) in [5.41, 5.74) is 15.8. The summed E-state index contributed by atoms with van der Waals surface area (Å²) in [7, 11) is 0. The van der Waals surface area contributed by atoms with Gasteiger partial charge in [0.1, 0.15) is 22.3 Å².